The lowest BCUT2D eigenvalue weighted by Crippen LogP contribution is -2.70. The van der Waals surface area contributed by atoms with Crippen LogP contribution in [0.2, 0.25) is 0 Å². The Kier molecular flexibility index (Phi) is 18.8. The number of amides is 1. The van der Waals surface area contributed by atoms with Gasteiger partial charge in [0.25, 0.3) is 5.69 Å². The van der Waals surface area contributed by atoms with Crippen molar-refractivity contribution in [1.29, 1.82) is 0 Å². The largest absolute Gasteiger partial charge is 0.459 e. The summed E-state index contributed by atoms with van der Waals surface area (Å²) in [5, 5.41) is 36.7. The van der Waals surface area contributed by atoms with Gasteiger partial charge in [0.15, 0.2) is 0 Å². The number of ether oxygens (including phenoxy) is 5. The smallest absolute Gasteiger partial charge is 0.410 e. The Hall–Kier alpha value is -7.69. The second-order valence-electron chi connectivity index (χ2n) is 19.9. The summed E-state index contributed by atoms with van der Waals surface area (Å²) >= 11 is 0. The number of carbonyl (C=O) groups excluding carboxylic acids is 1. The first kappa shape index (κ1) is 55.1. The number of nitro benzene ring substituents is 1. The molecule has 1 fully saturated rings. The Morgan fingerprint density at radius 2 is 1.46 bits per heavy atom. The minimum atomic E-state index is -1.64. The van der Waals surface area contributed by atoms with E-state index in [1.54, 1.807) is 35.2 Å². The number of nitrogens with zero attached hydrogens (tertiary/aromatic N) is 3. The van der Waals surface area contributed by atoms with E-state index >= 15 is 4.79 Å². The number of oxime groups is 1. The van der Waals surface area contributed by atoms with Gasteiger partial charge >= 0.3 is 6.09 Å². The molecular formula is C63H66FN3O11. The number of fused-ring (bicyclic) bond motifs is 2. The van der Waals surface area contributed by atoms with Crippen molar-refractivity contribution in [1.82, 2.24) is 4.90 Å². The van der Waals surface area contributed by atoms with Crippen LogP contribution < -0.4 is 9.47 Å². The van der Waals surface area contributed by atoms with E-state index in [1.807, 2.05) is 91.0 Å². The van der Waals surface area contributed by atoms with Crippen molar-refractivity contribution in [3.8, 4) is 28.4 Å². The molecule has 6 atom stereocenters. The number of rotatable bonds is 26. The maximum atomic E-state index is 15.1. The summed E-state index contributed by atoms with van der Waals surface area (Å²) in [6, 6.07) is 44.5. The van der Waals surface area contributed by atoms with Crippen LogP contribution in [0.4, 0.5) is 14.9 Å². The highest BCUT2D eigenvalue weighted by Gasteiger charge is 2.65. The molecule has 14 nitrogen and oxygen atoms in total. The van der Waals surface area contributed by atoms with E-state index in [2.05, 4.69) is 24.8 Å². The third-order valence-electron chi connectivity index (χ3n) is 14.8. The van der Waals surface area contributed by atoms with Gasteiger partial charge in [0, 0.05) is 49.8 Å². The van der Waals surface area contributed by atoms with Crippen LogP contribution in [0.25, 0.3) is 11.1 Å². The van der Waals surface area contributed by atoms with Gasteiger partial charge in [-0.05, 0) is 126 Å². The third kappa shape index (κ3) is 13.2. The van der Waals surface area contributed by atoms with E-state index in [9.17, 15) is 24.7 Å². The second kappa shape index (κ2) is 26.6. The lowest BCUT2D eigenvalue weighted by atomic mass is 9.55. The molecule has 1 saturated carbocycles. The monoisotopic (exact) mass is 1060 g/mol. The maximum absolute atomic E-state index is 15.1. The van der Waals surface area contributed by atoms with Gasteiger partial charge in [0.05, 0.1) is 36.4 Å². The third-order valence-corrected chi connectivity index (χ3v) is 14.8. The van der Waals surface area contributed by atoms with Crippen LogP contribution in [0, 0.1) is 33.7 Å². The number of hydrogen-bond donors (Lipinski definition) is 2. The molecule has 1 aliphatic heterocycles. The summed E-state index contributed by atoms with van der Waals surface area (Å²) in [6.45, 7) is 4.41. The molecular weight excluding hydrogens is 994 g/mol. The topological polar surface area (TPSA) is 172 Å². The average molecular weight is 1060 g/mol. The summed E-state index contributed by atoms with van der Waals surface area (Å²) in [4.78, 5) is 34.0. The number of non-ortho nitro benzene ring substituents is 1. The van der Waals surface area contributed by atoms with E-state index < -0.39 is 34.6 Å². The van der Waals surface area contributed by atoms with E-state index in [1.165, 1.54) is 24.3 Å². The van der Waals surface area contributed by atoms with Crippen molar-refractivity contribution in [2.75, 3.05) is 33.0 Å². The lowest BCUT2D eigenvalue weighted by Gasteiger charge is -2.59. The van der Waals surface area contributed by atoms with Gasteiger partial charge in [0.1, 0.15) is 42.3 Å². The molecule has 9 rings (SSSR count). The SMILES string of the molecule is C=CCOC12Oc3ccc(Oc4ccc(-c5ccccc5)cc4)cc3C3C(CCCCO)C(CCCCO)C=C(C(=NOCc4ccc([N+](=O)[O-])cc4)CC1N(Cc1ccc(F)cc1)C(=O)OCCOCc1ccccc1)C32. The summed E-state index contributed by atoms with van der Waals surface area (Å²) in [6.07, 6.45) is 7.30. The predicted molar refractivity (Wildman–Crippen MR) is 294 cm³/mol. The molecule has 0 aromatic heterocycles. The second-order valence-corrected chi connectivity index (χ2v) is 19.9. The van der Waals surface area contributed by atoms with E-state index in [0.717, 1.165) is 40.7 Å². The van der Waals surface area contributed by atoms with Gasteiger partial charge in [-0.15, -0.1) is 6.58 Å². The first-order valence-corrected chi connectivity index (χ1v) is 26.7. The van der Waals surface area contributed by atoms with Gasteiger partial charge in [-0.2, -0.15) is 0 Å². The molecule has 2 aliphatic carbocycles. The van der Waals surface area contributed by atoms with Crippen molar-refractivity contribution in [3.05, 3.63) is 214 Å². The Morgan fingerprint density at radius 3 is 2.17 bits per heavy atom. The quantitative estimate of drug-likeness (QED) is 0.0229. The molecule has 406 valence electrons. The minimum absolute atomic E-state index is 0.0208. The summed E-state index contributed by atoms with van der Waals surface area (Å²) < 4.78 is 47.9. The molecule has 3 aliphatic rings. The van der Waals surface area contributed by atoms with Crippen LogP contribution >= 0.6 is 0 Å². The first-order chi connectivity index (χ1) is 38.2. The summed E-state index contributed by atoms with van der Waals surface area (Å²) in [5.41, 5.74) is 6.49. The number of unbranched alkanes of at least 4 members (excludes halogenated alkanes) is 2. The molecule has 0 saturated heterocycles. The fourth-order valence-electron chi connectivity index (χ4n) is 11.2. The normalized spacial score (nSPS) is 20.6. The van der Waals surface area contributed by atoms with Gasteiger partial charge in [-0.25, -0.2) is 9.18 Å². The molecule has 1 amide bonds. The molecule has 0 radical (unpaired) electrons. The van der Waals surface area contributed by atoms with Gasteiger partial charge in [-0.3, -0.25) is 15.0 Å². The number of aliphatic hydroxyl groups excluding tert-OH is 2. The number of aliphatic hydroxyl groups is 2. The Labute approximate surface area is 454 Å². The standard InChI is InChI=1S/C63H66FN3O11/c1-2-35-75-63-59(66(41-44-19-25-50(64)26-20-44)62(70)74-37-36-73-42-45-13-5-3-6-14-45)40-57(65-76-43-46-21-27-51(28-22-46)67(71)72)55-38-49(17-9-11-33-68)54(18-10-12-34-69)60(61(55)63)56-39-53(31-32-58(56)78-63)77-52-29-23-48(24-30-52)47-15-7-4-8-16-47/h2-8,13-16,19-32,38-39,49,54,59-61,68-69H,1,9-12,17-18,33-37,40-43H2. The van der Waals surface area contributed by atoms with E-state index in [-0.39, 0.29) is 76.0 Å². The minimum Gasteiger partial charge on any atom is -0.459 e. The van der Waals surface area contributed by atoms with Crippen LogP contribution in [0.5, 0.6) is 17.2 Å². The Balaban J connectivity index is 1.17. The maximum Gasteiger partial charge on any atom is 0.410 e. The highest BCUT2D eigenvalue weighted by molar-refractivity contribution is 6.03. The van der Waals surface area contributed by atoms with E-state index in [0.29, 0.717) is 66.4 Å². The molecule has 6 aromatic rings. The molecule has 2 N–H and O–H groups in total. The fraction of sp³-hybridized carbons (Fsp3) is 0.333. The molecule has 6 unspecified atom stereocenters. The number of allylic oxidation sites excluding steroid dienone is 1. The number of carbonyl (C=O) groups is 1. The summed E-state index contributed by atoms with van der Waals surface area (Å²) in [5.74, 6) is -1.52. The van der Waals surface area contributed by atoms with Crippen LogP contribution in [-0.4, -0.2) is 76.7 Å². The predicted octanol–water partition coefficient (Wildman–Crippen LogP) is 12.9. The number of benzene rings is 6. The zero-order valence-corrected chi connectivity index (χ0v) is 43.6. The molecule has 0 spiro atoms. The van der Waals surface area contributed by atoms with Gasteiger partial charge in [0.2, 0.25) is 5.79 Å². The van der Waals surface area contributed by atoms with Crippen molar-refractivity contribution in [3.63, 3.8) is 0 Å². The van der Waals surface area contributed by atoms with Crippen LogP contribution in [0.1, 0.15) is 73.1 Å². The van der Waals surface area contributed by atoms with Gasteiger partial charge < -0.3 is 38.7 Å². The number of halogens is 1. The zero-order valence-electron chi connectivity index (χ0n) is 43.6. The lowest BCUT2D eigenvalue weighted by molar-refractivity contribution is -0.384. The average Bonchev–Trinajstić information content (AvgIpc) is 3.44. The van der Waals surface area contributed by atoms with Crippen molar-refractivity contribution in [2.45, 2.75) is 82.5 Å². The van der Waals surface area contributed by atoms with Crippen molar-refractivity contribution < 1.29 is 52.8 Å². The van der Waals surface area contributed by atoms with Crippen LogP contribution in [0.15, 0.2) is 181 Å². The fourth-order valence-corrected chi connectivity index (χ4v) is 11.2. The Bertz CT molecular complexity index is 2990. The molecule has 6 aromatic carbocycles. The van der Waals surface area contributed by atoms with Crippen LogP contribution in [0.3, 0.4) is 0 Å². The molecule has 15 heteroatoms. The van der Waals surface area contributed by atoms with E-state index in [4.69, 9.17) is 33.7 Å². The molecule has 0 bridgehead atoms. The molecule has 78 heavy (non-hydrogen) atoms. The van der Waals surface area contributed by atoms with Crippen LogP contribution in [-0.2, 0) is 38.8 Å². The zero-order chi connectivity index (χ0) is 54.3. The number of hydrogen-bond acceptors (Lipinski definition) is 12. The van der Waals surface area contributed by atoms with Crippen molar-refractivity contribution >= 4 is 17.5 Å². The number of nitro groups is 1. The van der Waals surface area contributed by atoms with Crippen molar-refractivity contribution in [2.24, 2.45) is 22.9 Å². The highest BCUT2D eigenvalue weighted by atomic mass is 19.1. The first-order valence-electron chi connectivity index (χ1n) is 26.7. The molecule has 1 heterocycles. The highest BCUT2D eigenvalue weighted by Crippen LogP contribution is 2.62. The Morgan fingerprint density at radius 1 is 0.795 bits per heavy atom. The summed E-state index contributed by atoms with van der Waals surface area (Å²) in [7, 11) is 0. The van der Waals surface area contributed by atoms with Gasteiger partial charge in [-0.1, -0.05) is 115 Å².